The summed E-state index contributed by atoms with van der Waals surface area (Å²) in [4.78, 5) is 11.5. The number of carbonyl (C=O) groups excluding carboxylic acids is 1. The summed E-state index contributed by atoms with van der Waals surface area (Å²) in [6.07, 6.45) is 0.647. The van der Waals surface area contributed by atoms with Gasteiger partial charge in [-0.15, -0.1) is 0 Å². The number of ether oxygens (including phenoxy) is 3. The number of benzene rings is 3. The Morgan fingerprint density at radius 3 is 2.34 bits per heavy atom. The molecule has 3 rings (SSSR count). The maximum atomic E-state index is 14.6. The highest BCUT2D eigenvalue weighted by atomic mass is 19.1. The molecule has 0 bridgehead atoms. The molecule has 0 amide bonds. The van der Waals surface area contributed by atoms with E-state index < -0.39 is 5.82 Å². The lowest BCUT2D eigenvalue weighted by molar-refractivity contribution is 0.112. The zero-order chi connectivity index (χ0) is 20.8. The Kier molecular flexibility index (Phi) is 6.34. The maximum Gasteiger partial charge on any atom is 0.150 e. The first-order valence-corrected chi connectivity index (χ1v) is 8.98. The number of hydrogen-bond acceptors (Lipinski definition) is 5. The molecule has 0 saturated carbocycles. The first kappa shape index (κ1) is 20.2. The predicted molar refractivity (Wildman–Crippen MR) is 111 cm³/mol. The van der Waals surface area contributed by atoms with Crippen molar-refractivity contribution < 1.29 is 23.4 Å². The van der Waals surface area contributed by atoms with Crippen molar-refractivity contribution in [3.05, 3.63) is 71.5 Å². The van der Waals surface area contributed by atoms with Crippen molar-refractivity contribution in [2.45, 2.75) is 6.54 Å². The first-order chi connectivity index (χ1) is 14.1. The van der Waals surface area contributed by atoms with Gasteiger partial charge >= 0.3 is 0 Å². The van der Waals surface area contributed by atoms with Gasteiger partial charge in [0.1, 0.15) is 23.1 Å². The normalized spacial score (nSPS) is 10.3. The second-order valence-corrected chi connectivity index (χ2v) is 6.26. The third-order valence-corrected chi connectivity index (χ3v) is 4.63. The van der Waals surface area contributed by atoms with Crippen LogP contribution in [0.25, 0.3) is 11.1 Å². The minimum absolute atomic E-state index is 0.227. The minimum Gasteiger partial charge on any atom is -0.497 e. The second-order valence-electron chi connectivity index (χ2n) is 6.26. The fourth-order valence-corrected chi connectivity index (χ4v) is 3.12. The Morgan fingerprint density at radius 1 is 0.931 bits per heavy atom. The van der Waals surface area contributed by atoms with Gasteiger partial charge in [-0.3, -0.25) is 4.79 Å². The number of hydrogen-bond donors (Lipinski definition) is 1. The Labute approximate surface area is 169 Å². The van der Waals surface area contributed by atoms with E-state index in [4.69, 9.17) is 14.2 Å². The molecule has 0 aliphatic heterocycles. The minimum atomic E-state index is -0.479. The largest absolute Gasteiger partial charge is 0.497 e. The molecule has 150 valence electrons. The van der Waals surface area contributed by atoms with Crippen molar-refractivity contribution in [3.8, 4) is 28.4 Å². The Bertz CT molecular complexity index is 1020. The van der Waals surface area contributed by atoms with Gasteiger partial charge in [0.25, 0.3) is 0 Å². The van der Waals surface area contributed by atoms with Crippen molar-refractivity contribution in [1.82, 2.24) is 0 Å². The smallest absolute Gasteiger partial charge is 0.150 e. The van der Waals surface area contributed by atoms with Crippen molar-refractivity contribution in [2.75, 3.05) is 26.6 Å². The van der Waals surface area contributed by atoms with Gasteiger partial charge in [0.05, 0.1) is 21.3 Å². The van der Waals surface area contributed by atoms with Crippen molar-refractivity contribution in [1.29, 1.82) is 0 Å². The SMILES string of the molecule is COc1ccc(CNc2ccc(OC)cc2-c2c(F)cccc2C=O)c(OC)c1. The van der Waals surface area contributed by atoms with E-state index in [0.717, 1.165) is 5.56 Å². The zero-order valence-corrected chi connectivity index (χ0v) is 16.5. The second kappa shape index (κ2) is 9.10. The monoisotopic (exact) mass is 395 g/mol. The van der Waals surface area contributed by atoms with E-state index in [1.807, 2.05) is 12.1 Å². The van der Waals surface area contributed by atoms with E-state index in [2.05, 4.69) is 5.32 Å². The number of halogens is 1. The summed E-state index contributed by atoms with van der Waals surface area (Å²) < 4.78 is 30.6. The van der Waals surface area contributed by atoms with Crippen LogP contribution in [0, 0.1) is 5.82 Å². The third kappa shape index (κ3) is 4.32. The molecule has 3 aromatic rings. The van der Waals surface area contributed by atoms with Crippen LogP contribution in [-0.2, 0) is 6.54 Å². The highest BCUT2D eigenvalue weighted by Gasteiger charge is 2.16. The summed E-state index contributed by atoms with van der Waals surface area (Å²) in [5.41, 5.74) is 2.60. The van der Waals surface area contributed by atoms with Crippen LogP contribution in [-0.4, -0.2) is 27.6 Å². The van der Waals surface area contributed by atoms with Gasteiger partial charge in [0.15, 0.2) is 6.29 Å². The van der Waals surface area contributed by atoms with Gasteiger partial charge in [0, 0.05) is 40.6 Å². The van der Waals surface area contributed by atoms with E-state index in [1.165, 1.54) is 19.2 Å². The molecule has 0 unspecified atom stereocenters. The van der Waals surface area contributed by atoms with E-state index >= 15 is 0 Å². The van der Waals surface area contributed by atoms with Crippen LogP contribution in [0.1, 0.15) is 15.9 Å². The first-order valence-electron chi connectivity index (χ1n) is 8.98. The van der Waals surface area contributed by atoms with Crippen LogP contribution in [0.3, 0.4) is 0 Å². The van der Waals surface area contributed by atoms with E-state index in [-0.39, 0.29) is 11.1 Å². The van der Waals surface area contributed by atoms with Crippen LogP contribution in [0.5, 0.6) is 17.2 Å². The summed E-state index contributed by atoms with van der Waals surface area (Å²) in [5.74, 6) is 1.45. The molecule has 0 heterocycles. The molecule has 0 saturated heterocycles. The number of aldehydes is 1. The number of carbonyl (C=O) groups is 1. The zero-order valence-electron chi connectivity index (χ0n) is 16.5. The lowest BCUT2D eigenvalue weighted by Crippen LogP contribution is -2.04. The summed E-state index contributed by atoms with van der Waals surface area (Å²) in [6, 6.07) is 15.2. The number of nitrogens with one attached hydrogen (secondary N) is 1. The highest BCUT2D eigenvalue weighted by Crippen LogP contribution is 2.36. The van der Waals surface area contributed by atoms with Gasteiger partial charge in [0.2, 0.25) is 0 Å². The summed E-state index contributed by atoms with van der Waals surface area (Å²) in [6.45, 7) is 0.428. The topological polar surface area (TPSA) is 56.8 Å². The van der Waals surface area contributed by atoms with E-state index in [9.17, 15) is 9.18 Å². The number of rotatable bonds is 8. The molecule has 3 aromatic carbocycles. The highest BCUT2D eigenvalue weighted by molar-refractivity contribution is 5.92. The van der Waals surface area contributed by atoms with Crippen molar-refractivity contribution >= 4 is 12.0 Å². The average Bonchev–Trinajstić information content (AvgIpc) is 2.77. The van der Waals surface area contributed by atoms with Gasteiger partial charge in [-0.25, -0.2) is 4.39 Å². The lowest BCUT2D eigenvalue weighted by atomic mass is 9.97. The van der Waals surface area contributed by atoms with E-state index in [1.54, 1.807) is 44.6 Å². The van der Waals surface area contributed by atoms with Crippen LogP contribution >= 0.6 is 0 Å². The fourth-order valence-electron chi connectivity index (χ4n) is 3.12. The third-order valence-electron chi connectivity index (χ3n) is 4.63. The fraction of sp³-hybridized carbons (Fsp3) is 0.174. The predicted octanol–water partition coefficient (Wildman–Crippen LogP) is 4.94. The molecule has 6 heteroatoms. The molecule has 29 heavy (non-hydrogen) atoms. The average molecular weight is 395 g/mol. The molecular formula is C23H22FNO4. The molecule has 0 aliphatic rings. The van der Waals surface area contributed by atoms with Gasteiger partial charge < -0.3 is 19.5 Å². The van der Waals surface area contributed by atoms with Crippen molar-refractivity contribution in [3.63, 3.8) is 0 Å². The summed E-state index contributed by atoms with van der Waals surface area (Å²) >= 11 is 0. The summed E-state index contributed by atoms with van der Waals surface area (Å²) in [5, 5.41) is 3.31. The van der Waals surface area contributed by atoms with E-state index in [0.29, 0.717) is 41.3 Å². The maximum absolute atomic E-state index is 14.6. The number of methoxy groups -OCH3 is 3. The molecule has 0 radical (unpaired) electrons. The molecule has 0 atom stereocenters. The molecule has 0 aliphatic carbocycles. The number of anilines is 1. The van der Waals surface area contributed by atoms with Crippen LogP contribution in [0.4, 0.5) is 10.1 Å². The Morgan fingerprint density at radius 2 is 1.66 bits per heavy atom. The van der Waals surface area contributed by atoms with Crippen molar-refractivity contribution in [2.24, 2.45) is 0 Å². The van der Waals surface area contributed by atoms with Gasteiger partial charge in [-0.1, -0.05) is 12.1 Å². The lowest BCUT2D eigenvalue weighted by Gasteiger charge is -2.17. The van der Waals surface area contributed by atoms with Gasteiger partial charge in [-0.05, 0) is 36.4 Å². The molecular weight excluding hydrogens is 373 g/mol. The van der Waals surface area contributed by atoms with Crippen LogP contribution < -0.4 is 19.5 Å². The quantitative estimate of drug-likeness (QED) is 0.548. The van der Waals surface area contributed by atoms with Gasteiger partial charge in [-0.2, -0.15) is 0 Å². The molecule has 5 nitrogen and oxygen atoms in total. The standard InChI is InChI=1S/C23H22FNO4/c1-27-17-9-10-21(19(11-17)23-16(14-26)5-4-6-20(23)24)25-13-15-7-8-18(28-2)12-22(15)29-3/h4-12,14,25H,13H2,1-3H3. The molecule has 1 N–H and O–H groups in total. The summed E-state index contributed by atoms with van der Waals surface area (Å²) in [7, 11) is 4.72. The Hall–Kier alpha value is -3.54. The Balaban J connectivity index is 2.01. The molecule has 0 aromatic heterocycles. The molecule has 0 spiro atoms. The van der Waals surface area contributed by atoms with Crippen LogP contribution in [0.15, 0.2) is 54.6 Å². The van der Waals surface area contributed by atoms with Crippen LogP contribution in [0.2, 0.25) is 0 Å². The molecule has 0 fully saturated rings.